The van der Waals surface area contributed by atoms with Crippen molar-refractivity contribution in [2.45, 2.75) is 45.1 Å². The van der Waals surface area contributed by atoms with E-state index in [-0.39, 0.29) is 12.0 Å². The third-order valence-corrected chi connectivity index (χ3v) is 4.95. The van der Waals surface area contributed by atoms with Gasteiger partial charge >= 0.3 is 0 Å². The van der Waals surface area contributed by atoms with E-state index < -0.39 is 0 Å². The van der Waals surface area contributed by atoms with Crippen LogP contribution in [0.2, 0.25) is 10.0 Å². The Balaban J connectivity index is 1.81. The largest absolute Gasteiger partial charge is 0.490 e. The zero-order valence-corrected chi connectivity index (χ0v) is 15.7. The fourth-order valence-electron chi connectivity index (χ4n) is 3.06. The van der Waals surface area contributed by atoms with Crippen LogP contribution in [-0.2, 0) is 0 Å². The van der Waals surface area contributed by atoms with E-state index in [1.54, 1.807) is 24.3 Å². The fraction of sp³-hybridized carbons (Fsp3) is 0.350. The second kappa shape index (κ2) is 8.11. The molecule has 1 N–H and O–H groups in total. The Bertz CT molecular complexity index is 770. The van der Waals surface area contributed by atoms with E-state index in [2.05, 4.69) is 5.32 Å². The molecular formula is C20H21Cl2NO2. The van der Waals surface area contributed by atoms with E-state index in [4.69, 9.17) is 27.9 Å². The minimum absolute atomic E-state index is 0.157. The number of carbonyl (C=O) groups is 1. The van der Waals surface area contributed by atoms with Gasteiger partial charge in [0.1, 0.15) is 5.75 Å². The lowest BCUT2D eigenvalue weighted by Crippen LogP contribution is -2.22. The highest BCUT2D eigenvalue weighted by Gasteiger charge is 2.20. The van der Waals surface area contributed by atoms with Gasteiger partial charge in [-0.2, -0.15) is 0 Å². The summed E-state index contributed by atoms with van der Waals surface area (Å²) in [7, 11) is 0. The molecule has 0 saturated heterocycles. The molecule has 3 rings (SSSR count). The highest BCUT2D eigenvalue weighted by Crippen LogP contribution is 2.30. The van der Waals surface area contributed by atoms with E-state index in [9.17, 15) is 4.79 Å². The monoisotopic (exact) mass is 377 g/mol. The summed E-state index contributed by atoms with van der Waals surface area (Å²) in [5.74, 6) is 0.288. The van der Waals surface area contributed by atoms with Gasteiger partial charge in [0.25, 0.3) is 5.91 Å². The minimum Gasteiger partial charge on any atom is -0.490 e. The van der Waals surface area contributed by atoms with Crippen LogP contribution in [0.5, 0.6) is 5.75 Å². The van der Waals surface area contributed by atoms with Crippen molar-refractivity contribution in [1.29, 1.82) is 0 Å². The van der Waals surface area contributed by atoms with Crippen molar-refractivity contribution in [1.82, 2.24) is 0 Å². The maximum atomic E-state index is 12.8. The smallest absolute Gasteiger partial charge is 0.259 e. The van der Waals surface area contributed by atoms with E-state index in [1.165, 1.54) is 19.3 Å². The second-order valence-electron chi connectivity index (χ2n) is 6.46. The molecule has 0 heterocycles. The first-order valence-electron chi connectivity index (χ1n) is 8.56. The first-order chi connectivity index (χ1) is 12.0. The number of rotatable bonds is 4. The first kappa shape index (κ1) is 18.1. The summed E-state index contributed by atoms with van der Waals surface area (Å²) in [4.78, 5) is 12.8. The molecule has 2 aromatic rings. The van der Waals surface area contributed by atoms with Crippen LogP contribution in [0.3, 0.4) is 0 Å². The topological polar surface area (TPSA) is 38.3 Å². The number of halogens is 2. The zero-order chi connectivity index (χ0) is 17.8. The zero-order valence-electron chi connectivity index (χ0n) is 14.1. The van der Waals surface area contributed by atoms with Crippen LogP contribution >= 0.6 is 23.2 Å². The molecule has 0 unspecified atom stereocenters. The van der Waals surface area contributed by atoms with Crippen LogP contribution in [0, 0.1) is 6.92 Å². The number of benzene rings is 2. The van der Waals surface area contributed by atoms with Gasteiger partial charge in [-0.3, -0.25) is 4.79 Å². The lowest BCUT2D eigenvalue weighted by molar-refractivity contribution is 0.101. The van der Waals surface area contributed by atoms with Gasteiger partial charge in [0.05, 0.1) is 22.4 Å². The van der Waals surface area contributed by atoms with Crippen molar-refractivity contribution in [3.63, 3.8) is 0 Å². The van der Waals surface area contributed by atoms with Gasteiger partial charge in [0, 0.05) is 5.02 Å². The molecule has 0 atom stereocenters. The van der Waals surface area contributed by atoms with Crippen molar-refractivity contribution in [3.05, 3.63) is 57.6 Å². The molecule has 132 valence electrons. The van der Waals surface area contributed by atoms with E-state index in [0.29, 0.717) is 27.0 Å². The number of hydrogen-bond acceptors (Lipinski definition) is 2. The third kappa shape index (κ3) is 4.68. The first-order valence-corrected chi connectivity index (χ1v) is 9.32. The fourth-order valence-corrected chi connectivity index (χ4v) is 3.51. The van der Waals surface area contributed by atoms with Crippen LogP contribution in [-0.4, -0.2) is 12.0 Å². The number of amides is 1. The van der Waals surface area contributed by atoms with Gasteiger partial charge < -0.3 is 10.1 Å². The summed E-state index contributed by atoms with van der Waals surface area (Å²) in [6.45, 7) is 1.95. The number of ether oxygens (including phenoxy) is 1. The minimum atomic E-state index is -0.279. The standard InChI is InChI=1S/C20H21Cl2NO2/c1-13-7-9-18(17(22)11-13)23-20(24)16-12-14(21)8-10-19(16)25-15-5-3-2-4-6-15/h7-12,15H,2-6H2,1H3,(H,23,24). The SMILES string of the molecule is Cc1ccc(NC(=O)c2cc(Cl)ccc2OC2CCCCC2)c(Cl)c1. The summed E-state index contributed by atoms with van der Waals surface area (Å²) >= 11 is 12.3. The summed E-state index contributed by atoms with van der Waals surface area (Å²) in [6, 6.07) is 10.7. The quantitative estimate of drug-likeness (QED) is 0.681. The molecular weight excluding hydrogens is 357 g/mol. The van der Waals surface area contributed by atoms with E-state index in [0.717, 1.165) is 18.4 Å². The molecule has 1 aliphatic carbocycles. The Morgan fingerprint density at radius 1 is 1.08 bits per heavy atom. The molecule has 3 nitrogen and oxygen atoms in total. The Morgan fingerprint density at radius 3 is 2.56 bits per heavy atom. The molecule has 1 saturated carbocycles. The molecule has 1 aliphatic rings. The van der Waals surface area contributed by atoms with Gasteiger partial charge in [-0.05, 0) is 68.5 Å². The number of hydrogen-bond donors (Lipinski definition) is 1. The Kier molecular flexibility index (Phi) is 5.87. The van der Waals surface area contributed by atoms with Crippen LogP contribution in [0.25, 0.3) is 0 Å². The molecule has 1 amide bonds. The van der Waals surface area contributed by atoms with Gasteiger partial charge in [-0.1, -0.05) is 35.7 Å². The van der Waals surface area contributed by atoms with Crippen molar-refractivity contribution in [3.8, 4) is 5.75 Å². The Hall–Kier alpha value is -1.71. The van der Waals surface area contributed by atoms with Crippen molar-refractivity contribution >= 4 is 34.8 Å². The van der Waals surface area contributed by atoms with Gasteiger partial charge in [-0.15, -0.1) is 0 Å². The lowest BCUT2D eigenvalue weighted by atomic mass is 9.97. The molecule has 0 aliphatic heterocycles. The maximum Gasteiger partial charge on any atom is 0.259 e. The van der Waals surface area contributed by atoms with Gasteiger partial charge in [0.15, 0.2) is 0 Å². The van der Waals surface area contributed by atoms with Crippen LogP contribution in [0.15, 0.2) is 36.4 Å². The van der Waals surface area contributed by atoms with E-state index in [1.807, 2.05) is 19.1 Å². The molecule has 0 bridgehead atoms. The molecule has 0 radical (unpaired) electrons. The summed E-state index contributed by atoms with van der Waals surface area (Å²) < 4.78 is 6.10. The highest BCUT2D eigenvalue weighted by atomic mass is 35.5. The maximum absolute atomic E-state index is 12.8. The average molecular weight is 378 g/mol. The van der Waals surface area contributed by atoms with Crippen LogP contribution in [0.1, 0.15) is 48.0 Å². The van der Waals surface area contributed by atoms with Gasteiger partial charge in [-0.25, -0.2) is 0 Å². The predicted octanol–water partition coefficient (Wildman–Crippen LogP) is 6.27. The predicted molar refractivity (Wildman–Crippen MR) is 103 cm³/mol. The van der Waals surface area contributed by atoms with E-state index >= 15 is 0 Å². The summed E-state index contributed by atoms with van der Waals surface area (Å²) in [6.07, 6.45) is 5.78. The number of aryl methyl sites for hydroxylation is 1. The number of anilines is 1. The molecule has 1 fully saturated rings. The van der Waals surface area contributed by atoms with Crippen LogP contribution < -0.4 is 10.1 Å². The Labute approximate surface area is 158 Å². The van der Waals surface area contributed by atoms with Crippen molar-refractivity contribution in [2.75, 3.05) is 5.32 Å². The highest BCUT2D eigenvalue weighted by molar-refractivity contribution is 6.34. The number of carbonyl (C=O) groups excluding carboxylic acids is 1. The number of nitrogens with one attached hydrogen (secondary N) is 1. The van der Waals surface area contributed by atoms with Gasteiger partial charge in [0.2, 0.25) is 0 Å². The second-order valence-corrected chi connectivity index (χ2v) is 7.30. The molecule has 0 spiro atoms. The summed E-state index contributed by atoms with van der Waals surface area (Å²) in [5, 5.41) is 3.85. The summed E-state index contributed by atoms with van der Waals surface area (Å²) in [5.41, 5.74) is 2.03. The molecule has 0 aromatic heterocycles. The average Bonchev–Trinajstić information content (AvgIpc) is 2.60. The lowest BCUT2D eigenvalue weighted by Gasteiger charge is -2.24. The van der Waals surface area contributed by atoms with Crippen molar-refractivity contribution < 1.29 is 9.53 Å². The van der Waals surface area contributed by atoms with Crippen LogP contribution in [0.4, 0.5) is 5.69 Å². The van der Waals surface area contributed by atoms with Crippen molar-refractivity contribution in [2.24, 2.45) is 0 Å². The molecule has 5 heteroatoms. The molecule has 25 heavy (non-hydrogen) atoms. The Morgan fingerprint density at radius 2 is 1.84 bits per heavy atom. The third-order valence-electron chi connectivity index (χ3n) is 4.40. The normalized spacial score (nSPS) is 15.0. The molecule has 2 aromatic carbocycles.